The Balaban J connectivity index is 2.20. The molecule has 1 saturated heterocycles. The number of hydrogen-bond acceptors (Lipinski definition) is 3. The summed E-state index contributed by atoms with van der Waals surface area (Å²) in [6, 6.07) is 0. The van der Waals surface area contributed by atoms with Crippen molar-refractivity contribution in [3.05, 3.63) is 18.2 Å². The van der Waals surface area contributed by atoms with E-state index in [-0.39, 0.29) is 18.1 Å². The molecule has 0 aromatic carbocycles. The molecule has 102 valence electrons. The quantitative estimate of drug-likeness (QED) is 0.895. The molecule has 1 aromatic rings. The smallest absolute Gasteiger partial charge is 0.138 e. The molecule has 1 fully saturated rings. The Hall–Kier alpha value is -0.870. The van der Waals surface area contributed by atoms with Crippen LogP contribution in [0.1, 0.15) is 46.0 Å². The molecule has 1 aliphatic rings. The molecule has 0 aliphatic carbocycles. The Kier molecular flexibility index (Phi) is 4.07. The molecule has 0 saturated carbocycles. The maximum Gasteiger partial charge on any atom is 0.138 e. The van der Waals surface area contributed by atoms with Crippen LogP contribution in [0.5, 0.6) is 0 Å². The first-order valence-corrected chi connectivity index (χ1v) is 6.90. The third-order valence-corrected chi connectivity index (χ3v) is 4.16. The average Bonchev–Trinajstić information content (AvgIpc) is 2.86. The molecule has 1 aromatic heterocycles. The molecule has 2 heterocycles. The van der Waals surface area contributed by atoms with Gasteiger partial charge >= 0.3 is 0 Å². The molecule has 1 aliphatic heterocycles. The fraction of sp³-hybridized carbons (Fsp3) is 0.786. The van der Waals surface area contributed by atoms with Crippen LogP contribution in [0.15, 0.2) is 12.4 Å². The van der Waals surface area contributed by atoms with Gasteiger partial charge in [-0.15, -0.1) is 0 Å². The van der Waals surface area contributed by atoms with Gasteiger partial charge in [0.1, 0.15) is 11.9 Å². The van der Waals surface area contributed by atoms with Gasteiger partial charge < -0.3 is 14.4 Å². The Bertz CT molecular complexity index is 391. The van der Waals surface area contributed by atoms with Crippen molar-refractivity contribution in [2.24, 2.45) is 11.8 Å². The number of aliphatic hydroxyl groups is 1. The monoisotopic (exact) mass is 252 g/mol. The summed E-state index contributed by atoms with van der Waals surface area (Å²) in [7, 11) is 0. The van der Waals surface area contributed by atoms with E-state index in [4.69, 9.17) is 4.74 Å². The number of aryl methyl sites for hydroxylation is 1. The third kappa shape index (κ3) is 2.31. The maximum absolute atomic E-state index is 10.6. The Morgan fingerprint density at radius 3 is 2.67 bits per heavy atom. The van der Waals surface area contributed by atoms with Gasteiger partial charge in [-0.3, -0.25) is 0 Å². The summed E-state index contributed by atoms with van der Waals surface area (Å²) in [6.07, 6.45) is 4.49. The maximum atomic E-state index is 10.6. The summed E-state index contributed by atoms with van der Waals surface area (Å²) in [6.45, 7) is 9.29. The fourth-order valence-electron chi connectivity index (χ4n) is 3.03. The lowest BCUT2D eigenvalue weighted by Crippen LogP contribution is -2.27. The Morgan fingerprint density at radius 2 is 2.11 bits per heavy atom. The Morgan fingerprint density at radius 1 is 1.39 bits per heavy atom. The first kappa shape index (κ1) is 13.6. The summed E-state index contributed by atoms with van der Waals surface area (Å²) >= 11 is 0. The second-order valence-corrected chi connectivity index (χ2v) is 5.41. The normalized spacial score (nSPS) is 33.8. The minimum atomic E-state index is -0.540. The van der Waals surface area contributed by atoms with Gasteiger partial charge in [-0.05, 0) is 26.2 Å². The van der Waals surface area contributed by atoms with Gasteiger partial charge in [-0.25, -0.2) is 4.98 Å². The standard InChI is InChI=1S/C14H24N2O2/c1-5-7-16-8-6-15-14(16)13(17)12-9(2)10(3)18-11(12)4/h6,8-13,17H,5,7H2,1-4H3. The van der Waals surface area contributed by atoms with Crippen molar-refractivity contribution in [3.8, 4) is 0 Å². The van der Waals surface area contributed by atoms with E-state index in [9.17, 15) is 5.11 Å². The highest BCUT2D eigenvalue weighted by molar-refractivity contribution is 5.02. The van der Waals surface area contributed by atoms with Crippen molar-refractivity contribution in [1.29, 1.82) is 0 Å². The average molecular weight is 252 g/mol. The molecule has 0 radical (unpaired) electrons. The molecule has 2 rings (SSSR count). The van der Waals surface area contributed by atoms with Crippen LogP contribution in [0.2, 0.25) is 0 Å². The lowest BCUT2D eigenvalue weighted by atomic mass is 9.84. The third-order valence-electron chi connectivity index (χ3n) is 4.16. The zero-order chi connectivity index (χ0) is 13.3. The second kappa shape index (κ2) is 5.41. The minimum Gasteiger partial charge on any atom is -0.385 e. The number of ether oxygens (including phenoxy) is 1. The van der Waals surface area contributed by atoms with Crippen LogP contribution in [0, 0.1) is 11.8 Å². The number of aliphatic hydroxyl groups excluding tert-OH is 1. The van der Waals surface area contributed by atoms with Crippen LogP contribution in [-0.4, -0.2) is 26.9 Å². The van der Waals surface area contributed by atoms with Crippen molar-refractivity contribution in [2.45, 2.75) is 59.0 Å². The SMILES string of the molecule is CCCn1ccnc1C(O)C1C(C)OC(C)C1C. The number of aromatic nitrogens is 2. The van der Waals surface area contributed by atoms with E-state index in [0.29, 0.717) is 5.92 Å². The zero-order valence-electron chi connectivity index (χ0n) is 11.7. The molecule has 5 unspecified atom stereocenters. The van der Waals surface area contributed by atoms with E-state index >= 15 is 0 Å². The predicted molar refractivity (Wildman–Crippen MR) is 70.1 cm³/mol. The molecule has 18 heavy (non-hydrogen) atoms. The molecule has 1 N–H and O–H groups in total. The Labute approximate surface area is 109 Å². The van der Waals surface area contributed by atoms with Gasteiger partial charge in [0.05, 0.1) is 12.2 Å². The summed E-state index contributed by atoms with van der Waals surface area (Å²) in [5, 5.41) is 10.6. The second-order valence-electron chi connectivity index (χ2n) is 5.41. The van der Waals surface area contributed by atoms with Gasteiger partial charge in [-0.2, -0.15) is 0 Å². The van der Waals surface area contributed by atoms with Gasteiger partial charge in [-0.1, -0.05) is 13.8 Å². The fourth-order valence-corrected chi connectivity index (χ4v) is 3.03. The highest BCUT2D eigenvalue weighted by Gasteiger charge is 2.42. The lowest BCUT2D eigenvalue weighted by Gasteiger charge is -2.24. The van der Waals surface area contributed by atoms with Crippen molar-refractivity contribution in [1.82, 2.24) is 9.55 Å². The number of imidazole rings is 1. The van der Waals surface area contributed by atoms with Crippen LogP contribution >= 0.6 is 0 Å². The first-order chi connectivity index (χ1) is 8.56. The summed E-state index contributed by atoms with van der Waals surface area (Å²) in [4.78, 5) is 4.33. The summed E-state index contributed by atoms with van der Waals surface area (Å²) < 4.78 is 7.86. The van der Waals surface area contributed by atoms with Crippen LogP contribution < -0.4 is 0 Å². The van der Waals surface area contributed by atoms with E-state index in [0.717, 1.165) is 18.8 Å². The molecule has 4 heteroatoms. The van der Waals surface area contributed by atoms with Gasteiger partial charge in [0, 0.05) is 24.9 Å². The van der Waals surface area contributed by atoms with Gasteiger partial charge in [0.15, 0.2) is 0 Å². The highest BCUT2D eigenvalue weighted by Crippen LogP contribution is 2.40. The van der Waals surface area contributed by atoms with E-state index in [1.165, 1.54) is 0 Å². The molecular weight excluding hydrogens is 228 g/mol. The molecule has 0 amide bonds. The molecule has 5 atom stereocenters. The molecule has 4 nitrogen and oxygen atoms in total. The van der Waals surface area contributed by atoms with E-state index in [2.05, 4.69) is 25.8 Å². The summed E-state index contributed by atoms with van der Waals surface area (Å²) in [5.74, 6) is 1.25. The topological polar surface area (TPSA) is 47.3 Å². The van der Waals surface area contributed by atoms with Crippen LogP contribution in [0.25, 0.3) is 0 Å². The van der Waals surface area contributed by atoms with Crippen molar-refractivity contribution < 1.29 is 9.84 Å². The van der Waals surface area contributed by atoms with E-state index in [1.54, 1.807) is 6.20 Å². The summed E-state index contributed by atoms with van der Waals surface area (Å²) in [5.41, 5.74) is 0. The van der Waals surface area contributed by atoms with Crippen molar-refractivity contribution >= 4 is 0 Å². The largest absolute Gasteiger partial charge is 0.385 e. The van der Waals surface area contributed by atoms with Crippen molar-refractivity contribution in [2.75, 3.05) is 0 Å². The van der Waals surface area contributed by atoms with Crippen LogP contribution in [0.3, 0.4) is 0 Å². The lowest BCUT2D eigenvalue weighted by molar-refractivity contribution is 0.0190. The minimum absolute atomic E-state index is 0.0803. The van der Waals surface area contributed by atoms with Crippen LogP contribution in [0.4, 0.5) is 0 Å². The predicted octanol–water partition coefficient (Wildman–Crippen LogP) is 2.39. The van der Waals surface area contributed by atoms with Gasteiger partial charge in [0.25, 0.3) is 0 Å². The molecular formula is C14H24N2O2. The first-order valence-electron chi connectivity index (χ1n) is 6.90. The molecule has 0 bridgehead atoms. The van der Waals surface area contributed by atoms with E-state index < -0.39 is 6.10 Å². The van der Waals surface area contributed by atoms with Gasteiger partial charge in [0.2, 0.25) is 0 Å². The van der Waals surface area contributed by atoms with Crippen molar-refractivity contribution in [3.63, 3.8) is 0 Å². The number of rotatable bonds is 4. The zero-order valence-corrected chi connectivity index (χ0v) is 11.7. The highest BCUT2D eigenvalue weighted by atomic mass is 16.5. The molecule has 0 spiro atoms. The van der Waals surface area contributed by atoms with Crippen LogP contribution in [-0.2, 0) is 11.3 Å². The van der Waals surface area contributed by atoms with E-state index in [1.807, 2.05) is 17.7 Å². The number of nitrogens with zero attached hydrogens (tertiary/aromatic N) is 2. The number of hydrogen-bond donors (Lipinski definition) is 1.